The molecular formula is C21H31N5OS. The molecule has 1 aliphatic carbocycles. The van der Waals surface area contributed by atoms with Gasteiger partial charge in [0.2, 0.25) is 0 Å². The van der Waals surface area contributed by atoms with Crippen LogP contribution in [-0.4, -0.2) is 65.8 Å². The molecule has 152 valence electrons. The lowest BCUT2D eigenvalue weighted by Crippen LogP contribution is -2.56. The number of H-pyrrole nitrogens is 1. The normalized spacial score (nSPS) is 24.2. The second kappa shape index (κ2) is 7.52. The molecule has 28 heavy (non-hydrogen) atoms. The van der Waals surface area contributed by atoms with E-state index in [1.807, 2.05) is 18.7 Å². The first-order valence-electron chi connectivity index (χ1n) is 10.2. The Labute approximate surface area is 171 Å². The highest BCUT2D eigenvalue weighted by Crippen LogP contribution is 2.46. The van der Waals surface area contributed by atoms with Crippen LogP contribution >= 0.6 is 11.8 Å². The van der Waals surface area contributed by atoms with Gasteiger partial charge in [0.25, 0.3) is 0 Å². The maximum Gasteiger partial charge on any atom is 0.317 e. The summed E-state index contributed by atoms with van der Waals surface area (Å²) in [4.78, 5) is 20.4. The summed E-state index contributed by atoms with van der Waals surface area (Å²) in [5.41, 5.74) is 11.0. The molecule has 4 N–H and O–H groups in total. The van der Waals surface area contributed by atoms with E-state index in [1.54, 1.807) is 11.8 Å². The molecule has 6 nitrogen and oxygen atoms in total. The number of thioether (sulfide) groups is 1. The van der Waals surface area contributed by atoms with Crippen LogP contribution in [0.3, 0.4) is 0 Å². The van der Waals surface area contributed by atoms with E-state index in [2.05, 4.69) is 40.6 Å². The van der Waals surface area contributed by atoms with Crippen LogP contribution in [0, 0.1) is 0 Å². The monoisotopic (exact) mass is 401 g/mol. The Kier molecular flexibility index (Phi) is 5.22. The first-order chi connectivity index (χ1) is 13.5. The summed E-state index contributed by atoms with van der Waals surface area (Å²) >= 11 is 1.77. The molecule has 1 saturated heterocycles. The quantitative estimate of drug-likeness (QED) is 0.543. The average Bonchev–Trinajstić information content (AvgIpc) is 3.01. The zero-order chi connectivity index (χ0) is 20.0. The van der Waals surface area contributed by atoms with Crippen molar-refractivity contribution in [1.82, 2.24) is 20.1 Å². The minimum atomic E-state index is 0.0439. The smallest absolute Gasteiger partial charge is 0.317 e. The molecule has 2 aromatic rings. The second-order valence-electron chi connectivity index (χ2n) is 8.04. The predicted molar refractivity (Wildman–Crippen MR) is 117 cm³/mol. The van der Waals surface area contributed by atoms with E-state index in [0.717, 1.165) is 43.7 Å². The number of likely N-dealkylation sites (tertiary alicyclic amines) is 1. The maximum atomic E-state index is 12.6. The molecule has 2 heterocycles. The lowest BCUT2D eigenvalue weighted by Gasteiger charge is -2.46. The van der Waals surface area contributed by atoms with Crippen LogP contribution < -0.4 is 11.1 Å². The van der Waals surface area contributed by atoms with Gasteiger partial charge in [-0.15, -0.1) is 11.8 Å². The predicted octanol–water partition coefficient (Wildman–Crippen LogP) is 3.24. The molecule has 1 aromatic heterocycles. The van der Waals surface area contributed by atoms with Crippen molar-refractivity contribution in [3.63, 3.8) is 0 Å². The van der Waals surface area contributed by atoms with E-state index in [9.17, 15) is 4.79 Å². The van der Waals surface area contributed by atoms with Crippen molar-refractivity contribution < 1.29 is 4.79 Å². The van der Waals surface area contributed by atoms with Gasteiger partial charge in [-0.1, -0.05) is 0 Å². The van der Waals surface area contributed by atoms with Crippen LogP contribution in [0.2, 0.25) is 0 Å². The van der Waals surface area contributed by atoms with E-state index >= 15 is 0 Å². The Hall–Kier alpha value is -1.86. The number of anilines is 1. The number of rotatable bonds is 4. The van der Waals surface area contributed by atoms with Crippen LogP contribution in [-0.2, 0) is 6.42 Å². The number of aromatic amines is 1. The van der Waals surface area contributed by atoms with Gasteiger partial charge in [0.05, 0.1) is 5.03 Å². The number of nitrogens with two attached hydrogens (primary N) is 1. The van der Waals surface area contributed by atoms with Gasteiger partial charge < -0.3 is 25.8 Å². The van der Waals surface area contributed by atoms with Crippen molar-refractivity contribution in [3.05, 3.63) is 23.3 Å². The van der Waals surface area contributed by atoms with Gasteiger partial charge in [0.1, 0.15) is 0 Å². The molecule has 2 aliphatic rings. The number of piperidine rings is 1. The van der Waals surface area contributed by atoms with Crippen molar-refractivity contribution in [1.29, 1.82) is 0 Å². The molecule has 2 amide bonds. The number of benzene rings is 1. The van der Waals surface area contributed by atoms with E-state index in [-0.39, 0.29) is 12.1 Å². The number of aromatic nitrogens is 1. The van der Waals surface area contributed by atoms with Crippen molar-refractivity contribution >= 4 is 34.4 Å². The zero-order valence-electron chi connectivity index (χ0n) is 17.2. The summed E-state index contributed by atoms with van der Waals surface area (Å²) in [6.07, 6.45) is 4.13. The van der Waals surface area contributed by atoms with Gasteiger partial charge in [0, 0.05) is 54.2 Å². The Morgan fingerprint density at radius 2 is 2.14 bits per heavy atom. The van der Waals surface area contributed by atoms with Gasteiger partial charge in [0.15, 0.2) is 0 Å². The summed E-state index contributed by atoms with van der Waals surface area (Å²) in [7, 11) is 2.19. The van der Waals surface area contributed by atoms with Crippen molar-refractivity contribution in [2.24, 2.45) is 0 Å². The number of nitrogens with zero attached hydrogens (tertiary/aromatic N) is 2. The van der Waals surface area contributed by atoms with Crippen molar-refractivity contribution in [2.45, 2.75) is 49.7 Å². The molecule has 4 rings (SSSR count). The van der Waals surface area contributed by atoms with Gasteiger partial charge in [-0.25, -0.2) is 4.79 Å². The molecule has 0 saturated carbocycles. The minimum absolute atomic E-state index is 0.0439. The van der Waals surface area contributed by atoms with Crippen molar-refractivity contribution in [3.8, 4) is 0 Å². The number of likely N-dealkylation sites (N-methyl/N-ethyl adjacent to an activating group) is 1. The molecule has 0 spiro atoms. The van der Waals surface area contributed by atoms with E-state index in [4.69, 9.17) is 5.73 Å². The molecule has 0 bridgehead atoms. The van der Waals surface area contributed by atoms with Crippen LogP contribution in [0.5, 0.6) is 0 Å². The first kappa shape index (κ1) is 19.5. The molecule has 3 atom stereocenters. The highest BCUT2D eigenvalue weighted by molar-refractivity contribution is 7.98. The van der Waals surface area contributed by atoms with Gasteiger partial charge >= 0.3 is 6.03 Å². The Morgan fingerprint density at radius 1 is 1.39 bits per heavy atom. The summed E-state index contributed by atoms with van der Waals surface area (Å²) in [6, 6.07) is 4.84. The van der Waals surface area contributed by atoms with Crippen LogP contribution in [0.15, 0.2) is 17.2 Å². The average molecular weight is 402 g/mol. The van der Waals surface area contributed by atoms with Gasteiger partial charge in [-0.05, 0) is 63.3 Å². The second-order valence-corrected chi connectivity index (χ2v) is 8.86. The van der Waals surface area contributed by atoms with Crippen LogP contribution in [0.25, 0.3) is 10.9 Å². The Balaban J connectivity index is 1.68. The lowest BCUT2D eigenvalue weighted by molar-refractivity contribution is 0.123. The number of carbonyl (C=O) groups excluding carboxylic acids is 1. The van der Waals surface area contributed by atoms with Gasteiger partial charge in [-0.3, -0.25) is 0 Å². The summed E-state index contributed by atoms with van der Waals surface area (Å²) in [5, 5.41) is 5.88. The number of hydrogen-bond donors (Lipinski definition) is 3. The third-order valence-electron chi connectivity index (χ3n) is 6.49. The molecular weight excluding hydrogens is 370 g/mol. The number of fused-ring (bicyclic) bond motifs is 2. The first-order valence-corrected chi connectivity index (χ1v) is 11.4. The highest BCUT2D eigenvalue weighted by atomic mass is 32.2. The minimum Gasteiger partial charge on any atom is -0.399 e. The van der Waals surface area contributed by atoms with Crippen LogP contribution in [0.1, 0.15) is 37.3 Å². The van der Waals surface area contributed by atoms with Crippen LogP contribution in [0.4, 0.5) is 10.5 Å². The maximum absolute atomic E-state index is 12.6. The van der Waals surface area contributed by atoms with Gasteiger partial charge in [-0.2, -0.15) is 0 Å². The molecule has 0 radical (unpaired) electrons. The van der Waals surface area contributed by atoms with E-state index in [0.29, 0.717) is 12.0 Å². The summed E-state index contributed by atoms with van der Waals surface area (Å²) < 4.78 is 0. The molecule has 1 fully saturated rings. The van der Waals surface area contributed by atoms with E-state index in [1.165, 1.54) is 21.5 Å². The third kappa shape index (κ3) is 3.14. The summed E-state index contributed by atoms with van der Waals surface area (Å²) in [6.45, 7) is 6.39. The van der Waals surface area contributed by atoms with Crippen molar-refractivity contribution in [2.75, 3.05) is 38.7 Å². The Bertz CT molecular complexity index is 891. The number of amides is 2. The molecule has 1 aliphatic heterocycles. The lowest BCUT2D eigenvalue weighted by atomic mass is 9.74. The number of hydrogen-bond acceptors (Lipinski definition) is 4. The number of nitrogen functional groups attached to an aromatic ring is 1. The fourth-order valence-electron chi connectivity index (χ4n) is 5.15. The number of nitrogens with one attached hydrogen (secondary N) is 2. The summed E-state index contributed by atoms with van der Waals surface area (Å²) in [5.74, 6) is 0.379. The SMILES string of the molecule is CCN(CC)C(=O)N[C@H]1C[C@@H]2c3cc(N)cc4[nH]c(SC)c(c34)C[C@H]2N(C)C1. The fraction of sp³-hybridized carbons (Fsp3) is 0.571. The zero-order valence-corrected chi connectivity index (χ0v) is 18.0. The fourth-order valence-corrected chi connectivity index (χ4v) is 5.79. The Morgan fingerprint density at radius 3 is 2.82 bits per heavy atom. The van der Waals surface area contributed by atoms with E-state index < -0.39 is 0 Å². The number of carbonyl (C=O) groups is 1. The molecule has 7 heteroatoms. The topological polar surface area (TPSA) is 77.4 Å². The third-order valence-corrected chi connectivity index (χ3v) is 7.24. The molecule has 1 aromatic carbocycles. The molecule has 0 unspecified atom stereocenters. The number of urea groups is 1. The largest absolute Gasteiger partial charge is 0.399 e. The standard InChI is InChI=1S/C21H31N5OS/c1-5-26(6-2)21(27)23-13-9-14-15-7-12(22)8-17-19(15)16(20(24-17)28-4)10-18(14)25(3)11-13/h7-8,13-14,18,24H,5-6,9-11,22H2,1-4H3,(H,23,27)/t13-,14+,18+/m0/s1. The highest BCUT2D eigenvalue weighted by Gasteiger charge is 2.41.